The molecule has 1 atom stereocenters. The molecule has 0 radical (unpaired) electrons. The monoisotopic (exact) mass is 260 g/mol. The molecule has 0 aliphatic heterocycles. The Hall–Kier alpha value is -1.02. The minimum absolute atomic E-state index is 0.0892. The Morgan fingerprint density at radius 3 is 2.47 bits per heavy atom. The third-order valence-corrected chi connectivity index (χ3v) is 4.77. The highest BCUT2D eigenvalue weighted by Gasteiger charge is 2.35. The maximum Gasteiger partial charge on any atom is 0.0498 e. The molecule has 2 nitrogen and oxygen atoms in total. The fourth-order valence-corrected chi connectivity index (χ4v) is 3.33. The first-order valence-electron chi connectivity index (χ1n) is 7.64. The van der Waals surface area contributed by atoms with Gasteiger partial charge in [0.15, 0.2) is 0 Å². The molecular formula is C17H28N2. The Morgan fingerprint density at radius 2 is 2.00 bits per heavy atom. The van der Waals surface area contributed by atoms with Crippen LogP contribution in [0.3, 0.4) is 0 Å². The normalized spacial score (nSPS) is 18.7. The SMILES string of the molecule is CCN(c1ccccc1C)C(C)(CN)CC1CCC1. The van der Waals surface area contributed by atoms with Crippen molar-refractivity contribution in [2.24, 2.45) is 11.7 Å². The molecule has 0 spiro atoms. The van der Waals surface area contributed by atoms with Gasteiger partial charge in [0.2, 0.25) is 0 Å². The predicted octanol–water partition coefficient (Wildman–Crippen LogP) is 3.73. The van der Waals surface area contributed by atoms with E-state index in [-0.39, 0.29) is 5.54 Å². The molecule has 2 rings (SSSR count). The number of aryl methyl sites for hydroxylation is 1. The Labute approximate surface area is 118 Å². The molecule has 0 aromatic heterocycles. The van der Waals surface area contributed by atoms with E-state index in [2.05, 4.69) is 49.9 Å². The van der Waals surface area contributed by atoms with Crippen LogP contribution < -0.4 is 10.6 Å². The van der Waals surface area contributed by atoms with Gasteiger partial charge < -0.3 is 10.6 Å². The van der Waals surface area contributed by atoms with Crippen LogP contribution in [0.25, 0.3) is 0 Å². The van der Waals surface area contributed by atoms with Gasteiger partial charge in [-0.1, -0.05) is 37.5 Å². The average Bonchev–Trinajstić information content (AvgIpc) is 2.37. The summed E-state index contributed by atoms with van der Waals surface area (Å²) >= 11 is 0. The lowest BCUT2D eigenvalue weighted by atomic mass is 9.75. The average molecular weight is 260 g/mol. The van der Waals surface area contributed by atoms with E-state index in [0.29, 0.717) is 0 Å². The molecule has 0 bridgehead atoms. The number of rotatable bonds is 6. The molecule has 19 heavy (non-hydrogen) atoms. The molecule has 106 valence electrons. The second-order valence-corrected chi connectivity index (χ2v) is 6.23. The maximum atomic E-state index is 6.16. The largest absolute Gasteiger partial charge is 0.365 e. The van der Waals surface area contributed by atoms with Crippen molar-refractivity contribution in [2.45, 2.75) is 52.0 Å². The molecule has 2 N–H and O–H groups in total. The molecule has 1 aliphatic rings. The number of hydrogen-bond donors (Lipinski definition) is 1. The molecule has 2 heteroatoms. The third-order valence-electron chi connectivity index (χ3n) is 4.77. The van der Waals surface area contributed by atoms with Crippen molar-refractivity contribution in [1.82, 2.24) is 0 Å². The maximum absolute atomic E-state index is 6.16. The van der Waals surface area contributed by atoms with Crippen LogP contribution in [0.5, 0.6) is 0 Å². The smallest absolute Gasteiger partial charge is 0.0498 e. The summed E-state index contributed by atoms with van der Waals surface area (Å²) in [6.07, 6.45) is 5.41. The number of nitrogens with zero attached hydrogens (tertiary/aromatic N) is 1. The Kier molecular flexibility index (Phi) is 4.51. The summed E-state index contributed by atoms with van der Waals surface area (Å²) in [5.74, 6) is 0.881. The van der Waals surface area contributed by atoms with Crippen LogP contribution in [0.1, 0.15) is 45.1 Å². The summed E-state index contributed by atoms with van der Waals surface area (Å²) in [5.41, 5.74) is 8.94. The van der Waals surface area contributed by atoms with E-state index in [9.17, 15) is 0 Å². The zero-order valence-electron chi connectivity index (χ0n) is 12.7. The van der Waals surface area contributed by atoms with Crippen LogP contribution in [0.15, 0.2) is 24.3 Å². The van der Waals surface area contributed by atoms with Crippen molar-refractivity contribution in [3.63, 3.8) is 0 Å². The lowest BCUT2D eigenvalue weighted by molar-refractivity contribution is 0.229. The second kappa shape index (κ2) is 5.96. The number of para-hydroxylation sites is 1. The van der Waals surface area contributed by atoms with Crippen molar-refractivity contribution in [1.29, 1.82) is 0 Å². The van der Waals surface area contributed by atoms with Crippen LogP contribution in [0.2, 0.25) is 0 Å². The number of hydrogen-bond acceptors (Lipinski definition) is 2. The van der Waals surface area contributed by atoms with E-state index in [4.69, 9.17) is 5.73 Å². The van der Waals surface area contributed by atoms with Crippen LogP contribution in [0.4, 0.5) is 5.69 Å². The van der Waals surface area contributed by atoms with Gasteiger partial charge in [-0.15, -0.1) is 0 Å². The number of nitrogens with two attached hydrogens (primary N) is 1. The van der Waals surface area contributed by atoms with Gasteiger partial charge in [0.05, 0.1) is 0 Å². The number of anilines is 1. The lowest BCUT2D eigenvalue weighted by Crippen LogP contribution is -2.53. The highest BCUT2D eigenvalue weighted by Crippen LogP contribution is 2.38. The van der Waals surface area contributed by atoms with E-state index < -0.39 is 0 Å². The van der Waals surface area contributed by atoms with E-state index in [1.165, 1.54) is 36.9 Å². The van der Waals surface area contributed by atoms with Crippen LogP contribution in [-0.4, -0.2) is 18.6 Å². The lowest BCUT2D eigenvalue weighted by Gasteiger charge is -2.46. The van der Waals surface area contributed by atoms with E-state index >= 15 is 0 Å². The highest BCUT2D eigenvalue weighted by molar-refractivity contribution is 5.55. The predicted molar refractivity (Wildman–Crippen MR) is 83.6 cm³/mol. The third kappa shape index (κ3) is 2.94. The first kappa shape index (κ1) is 14.4. The molecular weight excluding hydrogens is 232 g/mol. The van der Waals surface area contributed by atoms with E-state index in [0.717, 1.165) is 19.0 Å². The van der Waals surface area contributed by atoms with Gasteiger partial charge in [0.1, 0.15) is 0 Å². The molecule has 1 saturated carbocycles. The van der Waals surface area contributed by atoms with Crippen molar-refractivity contribution >= 4 is 5.69 Å². The van der Waals surface area contributed by atoms with Crippen molar-refractivity contribution in [3.05, 3.63) is 29.8 Å². The zero-order chi connectivity index (χ0) is 13.9. The molecule has 1 aromatic carbocycles. The van der Waals surface area contributed by atoms with Gasteiger partial charge in [-0.2, -0.15) is 0 Å². The van der Waals surface area contributed by atoms with Gasteiger partial charge in [-0.25, -0.2) is 0 Å². The second-order valence-electron chi connectivity index (χ2n) is 6.23. The van der Waals surface area contributed by atoms with Crippen LogP contribution in [0, 0.1) is 12.8 Å². The Morgan fingerprint density at radius 1 is 1.32 bits per heavy atom. The minimum atomic E-state index is 0.0892. The molecule has 0 amide bonds. The Balaban J connectivity index is 2.24. The molecule has 1 unspecified atom stereocenters. The fraction of sp³-hybridized carbons (Fsp3) is 0.647. The van der Waals surface area contributed by atoms with E-state index in [1.54, 1.807) is 0 Å². The topological polar surface area (TPSA) is 29.3 Å². The van der Waals surface area contributed by atoms with Gasteiger partial charge in [-0.05, 0) is 44.7 Å². The first-order chi connectivity index (χ1) is 9.10. The Bertz CT molecular complexity index is 411. The molecule has 1 aromatic rings. The number of likely N-dealkylation sites (N-methyl/N-ethyl adjacent to an activating group) is 1. The van der Waals surface area contributed by atoms with Gasteiger partial charge >= 0.3 is 0 Å². The highest BCUT2D eigenvalue weighted by atomic mass is 15.2. The minimum Gasteiger partial charge on any atom is -0.365 e. The van der Waals surface area contributed by atoms with E-state index in [1.807, 2.05) is 0 Å². The van der Waals surface area contributed by atoms with Gasteiger partial charge in [0, 0.05) is 24.3 Å². The van der Waals surface area contributed by atoms with Crippen molar-refractivity contribution in [2.75, 3.05) is 18.0 Å². The molecule has 0 heterocycles. The summed E-state index contributed by atoms with van der Waals surface area (Å²) in [6, 6.07) is 8.66. The molecule has 1 aliphatic carbocycles. The summed E-state index contributed by atoms with van der Waals surface area (Å²) in [4.78, 5) is 2.51. The summed E-state index contributed by atoms with van der Waals surface area (Å²) in [6.45, 7) is 8.51. The van der Waals surface area contributed by atoms with Crippen LogP contribution >= 0.6 is 0 Å². The fourth-order valence-electron chi connectivity index (χ4n) is 3.33. The quantitative estimate of drug-likeness (QED) is 0.844. The molecule has 0 saturated heterocycles. The van der Waals surface area contributed by atoms with Crippen molar-refractivity contribution < 1.29 is 0 Å². The van der Waals surface area contributed by atoms with Crippen molar-refractivity contribution in [3.8, 4) is 0 Å². The summed E-state index contributed by atoms with van der Waals surface area (Å²) in [5, 5.41) is 0. The first-order valence-corrected chi connectivity index (χ1v) is 7.64. The standard InChI is InChI=1S/C17H28N2/c1-4-19(16-11-6-5-8-14(16)2)17(3,13-18)12-15-9-7-10-15/h5-6,8,11,15H,4,7,9-10,12-13,18H2,1-3H3. The van der Waals surface area contributed by atoms with Gasteiger partial charge in [0.25, 0.3) is 0 Å². The number of benzene rings is 1. The summed E-state index contributed by atoms with van der Waals surface area (Å²) < 4.78 is 0. The zero-order valence-corrected chi connectivity index (χ0v) is 12.7. The molecule has 1 fully saturated rings. The van der Waals surface area contributed by atoms with Gasteiger partial charge in [-0.3, -0.25) is 0 Å². The van der Waals surface area contributed by atoms with Crippen LogP contribution in [-0.2, 0) is 0 Å². The summed E-state index contributed by atoms with van der Waals surface area (Å²) in [7, 11) is 0.